The van der Waals surface area contributed by atoms with Crippen molar-refractivity contribution in [2.24, 2.45) is 0 Å². The number of hydrogen-bond donors (Lipinski definition) is 2. The van der Waals surface area contributed by atoms with Crippen molar-refractivity contribution in [2.75, 3.05) is 6.61 Å². The fraction of sp³-hybridized carbons (Fsp3) is 0.308. The molecule has 0 aliphatic heterocycles. The summed E-state index contributed by atoms with van der Waals surface area (Å²) >= 11 is 0. The minimum atomic E-state index is -0.434. The summed E-state index contributed by atoms with van der Waals surface area (Å²) in [5.41, 5.74) is 4.97. The number of carbonyl (C=O) groups is 1. The van der Waals surface area contributed by atoms with Crippen molar-refractivity contribution in [1.29, 1.82) is 0 Å². The monoisotopic (exact) mass is 433 g/mol. The molecule has 4 aromatic rings. The predicted molar refractivity (Wildman–Crippen MR) is 124 cm³/mol. The van der Waals surface area contributed by atoms with E-state index in [1.54, 1.807) is 6.26 Å². The van der Waals surface area contributed by atoms with Gasteiger partial charge in [0.2, 0.25) is 5.91 Å². The number of amides is 1. The smallest absolute Gasteiger partial charge is 0.339 e. The normalized spacial score (nSPS) is 12.4. The molecule has 6 nitrogen and oxygen atoms in total. The second-order valence-corrected chi connectivity index (χ2v) is 8.30. The molecule has 0 saturated heterocycles. The van der Waals surface area contributed by atoms with Crippen LogP contribution in [0, 0.1) is 20.8 Å². The maximum Gasteiger partial charge on any atom is 0.339 e. The summed E-state index contributed by atoms with van der Waals surface area (Å²) < 4.78 is 11.3. The number of aliphatic hydroxyl groups is 1. The molecule has 0 fully saturated rings. The van der Waals surface area contributed by atoms with E-state index in [9.17, 15) is 14.7 Å². The Balaban J connectivity index is 1.53. The van der Waals surface area contributed by atoms with Gasteiger partial charge >= 0.3 is 5.63 Å². The van der Waals surface area contributed by atoms with Crippen LogP contribution in [-0.2, 0) is 17.6 Å². The van der Waals surface area contributed by atoms with Crippen molar-refractivity contribution in [1.82, 2.24) is 5.32 Å². The van der Waals surface area contributed by atoms with E-state index in [1.807, 2.05) is 57.2 Å². The summed E-state index contributed by atoms with van der Waals surface area (Å²) in [5, 5.41) is 14.4. The van der Waals surface area contributed by atoms with Crippen LogP contribution in [0.3, 0.4) is 0 Å². The van der Waals surface area contributed by atoms with E-state index in [1.165, 1.54) is 0 Å². The van der Waals surface area contributed by atoms with Crippen molar-refractivity contribution in [3.05, 3.63) is 80.9 Å². The average molecular weight is 434 g/mol. The number of fused-ring (bicyclic) bond motifs is 2. The number of carbonyl (C=O) groups excluding carboxylic acids is 1. The lowest BCUT2D eigenvalue weighted by molar-refractivity contribution is -0.122. The topological polar surface area (TPSA) is 92.7 Å². The van der Waals surface area contributed by atoms with E-state index in [0.717, 1.165) is 38.6 Å². The molecule has 0 radical (unpaired) electrons. The Hall–Kier alpha value is -3.38. The van der Waals surface area contributed by atoms with Crippen LogP contribution in [0.5, 0.6) is 0 Å². The van der Waals surface area contributed by atoms with Crippen molar-refractivity contribution < 1.29 is 18.7 Å². The maximum absolute atomic E-state index is 12.7. The fourth-order valence-corrected chi connectivity index (χ4v) is 4.21. The molecule has 2 heterocycles. The van der Waals surface area contributed by atoms with Crippen LogP contribution in [0.25, 0.3) is 21.9 Å². The quantitative estimate of drug-likeness (QED) is 0.428. The van der Waals surface area contributed by atoms with Gasteiger partial charge in [0.05, 0.1) is 18.9 Å². The van der Waals surface area contributed by atoms with Crippen LogP contribution in [-0.4, -0.2) is 23.7 Å². The van der Waals surface area contributed by atoms with Crippen molar-refractivity contribution in [3.63, 3.8) is 0 Å². The predicted octanol–water partition coefficient (Wildman–Crippen LogP) is 4.12. The van der Waals surface area contributed by atoms with Gasteiger partial charge in [-0.1, -0.05) is 30.3 Å². The van der Waals surface area contributed by atoms with Crippen LogP contribution in [0.4, 0.5) is 0 Å². The Morgan fingerprint density at radius 2 is 1.81 bits per heavy atom. The lowest BCUT2D eigenvalue weighted by Gasteiger charge is -2.16. The van der Waals surface area contributed by atoms with Gasteiger partial charge in [0.1, 0.15) is 11.2 Å². The Labute approximate surface area is 185 Å². The Kier molecular flexibility index (Phi) is 6.15. The third kappa shape index (κ3) is 4.18. The minimum absolute atomic E-state index is 0.133. The molecule has 0 aliphatic carbocycles. The number of nitrogens with one attached hydrogen (secondary N) is 1. The first-order valence-corrected chi connectivity index (χ1v) is 10.8. The molecule has 32 heavy (non-hydrogen) atoms. The van der Waals surface area contributed by atoms with Crippen LogP contribution in [0.2, 0.25) is 0 Å². The summed E-state index contributed by atoms with van der Waals surface area (Å²) in [4.78, 5) is 25.2. The van der Waals surface area contributed by atoms with Gasteiger partial charge in [0.25, 0.3) is 0 Å². The number of aryl methyl sites for hydroxylation is 3. The molecule has 1 atom stereocenters. The van der Waals surface area contributed by atoms with Gasteiger partial charge in [-0.05, 0) is 56.4 Å². The number of benzene rings is 2. The number of rotatable bonds is 7. The summed E-state index contributed by atoms with van der Waals surface area (Å²) in [7, 11) is 0. The van der Waals surface area contributed by atoms with Crippen LogP contribution < -0.4 is 10.9 Å². The zero-order valence-corrected chi connectivity index (χ0v) is 18.5. The lowest BCUT2D eigenvalue weighted by atomic mass is 9.98. The van der Waals surface area contributed by atoms with Gasteiger partial charge in [-0.2, -0.15) is 0 Å². The molecule has 1 amide bonds. The largest absolute Gasteiger partial charge is 0.464 e. The molecule has 0 bridgehead atoms. The first kappa shape index (κ1) is 21.8. The fourth-order valence-electron chi connectivity index (χ4n) is 4.21. The Bertz CT molecular complexity index is 1330. The lowest BCUT2D eigenvalue weighted by Crippen LogP contribution is -2.39. The number of hydrogen-bond acceptors (Lipinski definition) is 5. The maximum atomic E-state index is 12.7. The number of furan rings is 1. The highest BCUT2D eigenvalue weighted by Crippen LogP contribution is 2.32. The molecule has 0 saturated carbocycles. The molecule has 6 heteroatoms. The van der Waals surface area contributed by atoms with Gasteiger partial charge in [0, 0.05) is 28.3 Å². The first-order chi connectivity index (χ1) is 15.4. The van der Waals surface area contributed by atoms with E-state index in [0.29, 0.717) is 17.6 Å². The second kappa shape index (κ2) is 9.01. The standard InChI is InChI=1S/C26H27NO5/c1-15-14-31-24-17(3)25-22(12-21(15)24)16(2)20(26(30)32-25)9-10-23(29)27-19(13-28)11-18-7-5-4-6-8-18/h4-8,12,14,19,28H,9-11,13H2,1-3H3,(H,27,29)/t19-/m0/s1. The zero-order valence-electron chi connectivity index (χ0n) is 18.5. The highest BCUT2D eigenvalue weighted by molar-refractivity contribution is 5.99. The number of aliphatic hydroxyl groups excluding tert-OH is 1. The third-order valence-electron chi connectivity index (χ3n) is 6.05. The summed E-state index contributed by atoms with van der Waals surface area (Å²) in [6.07, 6.45) is 2.64. The van der Waals surface area contributed by atoms with Crippen molar-refractivity contribution in [2.45, 2.75) is 46.1 Å². The van der Waals surface area contributed by atoms with E-state index >= 15 is 0 Å². The highest BCUT2D eigenvalue weighted by atomic mass is 16.4. The molecule has 2 aromatic carbocycles. The van der Waals surface area contributed by atoms with Crippen molar-refractivity contribution >= 4 is 27.8 Å². The van der Waals surface area contributed by atoms with Gasteiger partial charge in [0.15, 0.2) is 0 Å². The van der Waals surface area contributed by atoms with E-state index in [-0.39, 0.29) is 31.4 Å². The molecule has 0 unspecified atom stereocenters. The highest BCUT2D eigenvalue weighted by Gasteiger charge is 2.19. The second-order valence-electron chi connectivity index (χ2n) is 8.30. The molecular formula is C26H27NO5. The molecule has 2 aromatic heterocycles. The molecule has 0 spiro atoms. The van der Waals surface area contributed by atoms with Gasteiger partial charge < -0.3 is 19.3 Å². The van der Waals surface area contributed by atoms with Crippen molar-refractivity contribution in [3.8, 4) is 0 Å². The summed E-state index contributed by atoms with van der Waals surface area (Å²) in [6, 6.07) is 11.3. The summed E-state index contributed by atoms with van der Waals surface area (Å²) in [6.45, 7) is 5.59. The molecule has 0 aliphatic rings. The summed E-state index contributed by atoms with van der Waals surface area (Å²) in [5.74, 6) is -0.212. The van der Waals surface area contributed by atoms with Gasteiger partial charge in [-0.25, -0.2) is 4.79 Å². The van der Waals surface area contributed by atoms with E-state index < -0.39 is 5.63 Å². The van der Waals surface area contributed by atoms with Gasteiger partial charge in [-0.15, -0.1) is 0 Å². The van der Waals surface area contributed by atoms with E-state index in [4.69, 9.17) is 8.83 Å². The van der Waals surface area contributed by atoms with Crippen LogP contribution in [0.1, 0.15) is 34.2 Å². The van der Waals surface area contributed by atoms with E-state index in [2.05, 4.69) is 5.32 Å². The third-order valence-corrected chi connectivity index (χ3v) is 6.05. The molecule has 166 valence electrons. The minimum Gasteiger partial charge on any atom is -0.464 e. The molecule has 4 rings (SSSR count). The average Bonchev–Trinajstić information content (AvgIpc) is 3.16. The van der Waals surface area contributed by atoms with Crippen LogP contribution in [0.15, 0.2) is 56.3 Å². The molecule has 2 N–H and O–H groups in total. The zero-order chi connectivity index (χ0) is 22.8. The SMILES string of the molecule is Cc1coc2c(C)c3oc(=O)c(CCC(=O)N[C@H](CO)Cc4ccccc4)c(C)c3cc12. The van der Waals surface area contributed by atoms with Gasteiger partial charge in [-0.3, -0.25) is 4.79 Å². The molecular weight excluding hydrogens is 406 g/mol. The Morgan fingerprint density at radius 3 is 2.53 bits per heavy atom. The van der Waals surface area contributed by atoms with Crippen LogP contribution >= 0.6 is 0 Å². The first-order valence-electron chi connectivity index (χ1n) is 10.8. The Morgan fingerprint density at radius 1 is 1.06 bits per heavy atom.